The summed E-state index contributed by atoms with van der Waals surface area (Å²) in [5.41, 5.74) is 2.36. The third-order valence-corrected chi connectivity index (χ3v) is 3.25. The van der Waals surface area contributed by atoms with E-state index in [1.54, 1.807) is 0 Å². The largest absolute Gasteiger partial charge is 0.0955 e. The van der Waals surface area contributed by atoms with Gasteiger partial charge >= 0.3 is 0 Å². The molecule has 3 aromatic rings. The molecular weight excluding hydrogens is 243 g/mol. The van der Waals surface area contributed by atoms with Gasteiger partial charge in [-0.1, -0.05) is 66.7 Å². The van der Waals surface area contributed by atoms with Crippen LogP contribution in [0.25, 0.3) is 27.1 Å². The van der Waals surface area contributed by atoms with Gasteiger partial charge in [-0.15, -0.1) is 0 Å². The van der Waals surface area contributed by atoms with Crippen LogP contribution in [0.15, 0.2) is 61.2 Å². The van der Waals surface area contributed by atoms with E-state index in [2.05, 4.69) is 68.1 Å². The summed E-state index contributed by atoms with van der Waals surface area (Å²) >= 11 is 0. The fourth-order valence-corrected chi connectivity index (χ4v) is 2.41. The molecule has 0 amide bonds. The van der Waals surface area contributed by atoms with E-state index in [0.717, 1.165) is 5.57 Å². The van der Waals surface area contributed by atoms with Crippen LogP contribution in [0.2, 0.25) is 0 Å². The first-order valence-corrected chi connectivity index (χ1v) is 5.84. The van der Waals surface area contributed by atoms with Gasteiger partial charge in [-0.05, 0) is 34.0 Å². The first kappa shape index (κ1) is 14.0. The van der Waals surface area contributed by atoms with Crippen LogP contribution in [-0.4, -0.2) is 51.4 Å². The van der Waals surface area contributed by atoms with Crippen molar-refractivity contribution in [2.45, 2.75) is 6.92 Å². The normalized spacial score (nSPS) is 10.3. The predicted molar refractivity (Wildman–Crippen MR) is 81.9 cm³/mol. The molecule has 83 valence electrons. The Bertz CT molecular complexity index is 726. The summed E-state index contributed by atoms with van der Waals surface area (Å²) in [5.74, 6) is 0. The van der Waals surface area contributed by atoms with E-state index in [9.17, 15) is 0 Å². The van der Waals surface area contributed by atoms with Gasteiger partial charge in [0.05, 0.1) is 0 Å². The van der Waals surface area contributed by atoms with Crippen molar-refractivity contribution in [3.05, 3.63) is 66.7 Å². The van der Waals surface area contributed by atoms with Crippen LogP contribution in [0.3, 0.4) is 0 Å². The van der Waals surface area contributed by atoms with Crippen molar-refractivity contribution in [2.24, 2.45) is 0 Å². The van der Waals surface area contributed by atoms with Crippen molar-refractivity contribution in [1.29, 1.82) is 0 Å². The molecule has 0 aliphatic rings. The second-order valence-corrected chi connectivity index (χ2v) is 4.47. The number of hydrogen-bond donors (Lipinski definition) is 0. The van der Waals surface area contributed by atoms with E-state index in [-0.39, 0.29) is 51.4 Å². The maximum Gasteiger partial charge on any atom is 0 e. The fourth-order valence-electron chi connectivity index (χ4n) is 2.41. The van der Waals surface area contributed by atoms with E-state index < -0.39 is 0 Å². The fraction of sp³-hybridized carbons (Fsp3) is 0.0588. The molecule has 1 radical (unpaired) electrons. The average molecular weight is 257 g/mol. The molecule has 0 fully saturated rings. The summed E-state index contributed by atoms with van der Waals surface area (Å²) in [4.78, 5) is 0. The van der Waals surface area contributed by atoms with Crippen LogP contribution < -0.4 is 0 Å². The molecule has 0 aliphatic carbocycles. The zero-order valence-electron chi connectivity index (χ0n) is 10.9. The van der Waals surface area contributed by atoms with Gasteiger partial charge in [0.2, 0.25) is 0 Å². The van der Waals surface area contributed by atoms with Crippen molar-refractivity contribution < 1.29 is 0 Å². The van der Waals surface area contributed by atoms with Crippen LogP contribution in [-0.2, 0) is 0 Å². The predicted octanol–water partition coefficient (Wildman–Crippen LogP) is 4.65. The van der Waals surface area contributed by atoms with Gasteiger partial charge in [-0.2, -0.15) is 0 Å². The van der Waals surface area contributed by atoms with E-state index in [4.69, 9.17) is 0 Å². The monoisotopic (exact) mass is 257 g/mol. The first-order valence-electron chi connectivity index (χ1n) is 5.84. The van der Waals surface area contributed by atoms with Crippen LogP contribution >= 0.6 is 0 Å². The van der Waals surface area contributed by atoms with Gasteiger partial charge in [0, 0.05) is 51.4 Å². The van der Waals surface area contributed by atoms with Gasteiger partial charge in [0.15, 0.2) is 0 Å². The van der Waals surface area contributed by atoms with Gasteiger partial charge in [-0.3, -0.25) is 0 Å². The SMILES string of the molecule is C=C(C)c1cccc2c1ccc1ccccc12.[K]. The molecule has 0 atom stereocenters. The molecule has 1 heteroatoms. The summed E-state index contributed by atoms with van der Waals surface area (Å²) in [6.07, 6.45) is 0. The Hall–Kier alpha value is -0.444. The van der Waals surface area contributed by atoms with Gasteiger partial charge in [-0.25, -0.2) is 0 Å². The Kier molecular flexibility index (Phi) is 4.41. The molecule has 0 heterocycles. The molecule has 0 nitrogen and oxygen atoms in total. The van der Waals surface area contributed by atoms with Crippen molar-refractivity contribution in [3.8, 4) is 0 Å². The van der Waals surface area contributed by atoms with Crippen LogP contribution in [0, 0.1) is 0 Å². The summed E-state index contributed by atoms with van der Waals surface area (Å²) in [6.45, 7) is 6.12. The number of hydrogen-bond acceptors (Lipinski definition) is 0. The topological polar surface area (TPSA) is 0 Å². The minimum Gasteiger partial charge on any atom is -0.0955 e. The average Bonchev–Trinajstić information content (AvgIpc) is 2.37. The van der Waals surface area contributed by atoms with E-state index in [1.807, 2.05) is 0 Å². The van der Waals surface area contributed by atoms with E-state index >= 15 is 0 Å². The van der Waals surface area contributed by atoms with Crippen molar-refractivity contribution in [3.63, 3.8) is 0 Å². The van der Waals surface area contributed by atoms with Gasteiger partial charge in [0.1, 0.15) is 0 Å². The molecule has 0 bridgehead atoms. The molecular formula is C17H14K. The summed E-state index contributed by atoms with van der Waals surface area (Å²) in [6, 6.07) is 19.3. The summed E-state index contributed by atoms with van der Waals surface area (Å²) in [5, 5.41) is 5.20. The number of fused-ring (bicyclic) bond motifs is 3. The maximum atomic E-state index is 4.06. The molecule has 0 aliphatic heterocycles. The van der Waals surface area contributed by atoms with Crippen LogP contribution in [0.4, 0.5) is 0 Å². The number of allylic oxidation sites excluding steroid dienone is 1. The van der Waals surface area contributed by atoms with Crippen LogP contribution in [0.5, 0.6) is 0 Å². The maximum absolute atomic E-state index is 4.06. The quantitative estimate of drug-likeness (QED) is 0.440. The first-order chi connectivity index (χ1) is 8.27. The molecule has 0 spiro atoms. The zero-order chi connectivity index (χ0) is 11.8. The standard InChI is InChI=1S/C17H14.K/c1-12(2)14-8-5-9-16-15-7-4-3-6-13(15)10-11-17(14)16;/h3-11H,1H2,2H3;. The smallest absolute Gasteiger partial charge is 0 e. The molecule has 0 saturated heterocycles. The zero-order valence-corrected chi connectivity index (χ0v) is 14.0. The molecule has 3 rings (SSSR count). The Morgan fingerprint density at radius 3 is 2.28 bits per heavy atom. The number of benzene rings is 3. The minimum atomic E-state index is 0. The summed E-state index contributed by atoms with van der Waals surface area (Å²) < 4.78 is 0. The Morgan fingerprint density at radius 1 is 0.778 bits per heavy atom. The van der Waals surface area contributed by atoms with Gasteiger partial charge < -0.3 is 0 Å². The van der Waals surface area contributed by atoms with Crippen molar-refractivity contribution in [2.75, 3.05) is 0 Å². The second kappa shape index (κ2) is 5.68. The molecule has 3 aromatic carbocycles. The minimum absolute atomic E-state index is 0. The van der Waals surface area contributed by atoms with E-state index in [1.165, 1.54) is 27.1 Å². The molecule has 0 unspecified atom stereocenters. The summed E-state index contributed by atoms with van der Waals surface area (Å²) in [7, 11) is 0. The van der Waals surface area contributed by atoms with Crippen molar-refractivity contribution >= 4 is 78.5 Å². The Labute approximate surface area is 150 Å². The molecule has 0 N–H and O–H groups in total. The third kappa shape index (κ3) is 2.34. The molecule has 18 heavy (non-hydrogen) atoms. The Morgan fingerprint density at radius 2 is 1.50 bits per heavy atom. The third-order valence-electron chi connectivity index (χ3n) is 3.25. The molecule has 0 aromatic heterocycles. The molecule has 0 saturated carbocycles. The van der Waals surface area contributed by atoms with E-state index in [0.29, 0.717) is 0 Å². The van der Waals surface area contributed by atoms with Crippen molar-refractivity contribution in [1.82, 2.24) is 0 Å². The Balaban J connectivity index is 0.00000120. The second-order valence-electron chi connectivity index (χ2n) is 4.47. The number of rotatable bonds is 1. The van der Waals surface area contributed by atoms with Crippen LogP contribution in [0.1, 0.15) is 12.5 Å². The van der Waals surface area contributed by atoms with Gasteiger partial charge in [0.25, 0.3) is 0 Å².